The van der Waals surface area contributed by atoms with Crippen molar-refractivity contribution in [2.45, 2.75) is 86.0 Å². The number of aromatic amines is 1. The van der Waals surface area contributed by atoms with E-state index in [1.165, 1.54) is 6.92 Å². The van der Waals surface area contributed by atoms with Crippen molar-refractivity contribution in [3.05, 3.63) is 51.3 Å². The SMILES string of the molecule is CCCCC(CC)CN(CC(CC)CCCC)C(=O)c1ccccc1/N=N/c1c(O)[nH]c(=O)c(C#N)c1C. The average molecular weight is 522 g/mol. The number of carbonyl (C=O) groups is 1. The maximum Gasteiger partial charge on any atom is 0.269 e. The number of aromatic nitrogens is 1. The molecule has 2 unspecified atom stereocenters. The van der Waals surface area contributed by atoms with E-state index in [2.05, 4.69) is 42.9 Å². The van der Waals surface area contributed by atoms with Gasteiger partial charge in [-0.05, 0) is 43.7 Å². The van der Waals surface area contributed by atoms with Crippen LogP contribution in [0.15, 0.2) is 39.3 Å². The fraction of sp³-hybridized carbons (Fsp3) is 0.567. The maximum atomic E-state index is 14.0. The van der Waals surface area contributed by atoms with Crippen LogP contribution in [0.3, 0.4) is 0 Å². The second-order valence-corrected chi connectivity index (χ2v) is 10.0. The topological polar surface area (TPSA) is 122 Å². The fourth-order valence-electron chi connectivity index (χ4n) is 4.67. The molecule has 0 aliphatic carbocycles. The quantitative estimate of drug-likeness (QED) is 0.235. The molecule has 0 fully saturated rings. The van der Waals surface area contributed by atoms with Crippen molar-refractivity contribution in [2.24, 2.45) is 22.1 Å². The Labute approximate surface area is 226 Å². The molecule has 0 aliphatic heterocycles. The molecule has 1 heterocycles. The van der Waals surface area contributed by atoms with Crippen molar-refractivity contribution in [3.63, 3.8) is 0 Å². The maximum absolute atomic E-state index is 14.0. The zero-order valence-corrected chi connectivity index (χ0v) is 23.6. The molecule has 38 heavy (non-hydrogen) atoms. The number of azo groups is 1. The second-order valence-electron chi connectivity index (χ2n) is 10.0. The molecule has 0 spiro atoms. The smallest absolute Gasteiger partial charge is 0.269 e. The minimum atomic E-state index is -0.685. The van der Waals surface area contributed by atoms with E-state index in [0.29, 0.717) is 36.2 Å². The van der Waals surface area contributed by atoms with Gasteiger partial charge in [0.25, 0.3) is 11.5 Å². The molecule has 1 amide bonds. The first kappa shape index (κ1) is 30.8. The summed E-state index contributed by atoms with van der Waals surface area (Å²) in [4.78, 5) is 30.2. The van der Waals surface area contributed by atoms with Gasteiger partial charge in [0, 0.05) is 18.7 Å². The van der Waals surface area contributed by atoms with E-state index < -0.39 is 11.4 Å². The van der Waals surface area contributed by atoms with E-state index in [4.69, 9.17) is 0 Å². The summed E-state index contributed by atoms with van der Waals surface area (Å²) < 4.78 is 0. The lowest BCUT2D eigenvalue weighted by Crippen LogP contribution is -2.39. The Hall–Kier alpha value is -3.47. The summed E-state index contributed by atoms with van der Waals surface area (Å²) in [5, 5.41) is 28.0. The third-order valence-corrected chi connectivity index (χ3v) is 7.25. The Morgan fingerprint density at radius 3 is 2.13 bits per heavy atom. The summed E-state index contributed by atoms with van der Waals surface area (Å²) in [6.07, 6.45) is 8.77. The van der Waals surface area contributed by atoms with Crippen LogP contribution in [-0.4, -0.2) is 34.0 Å². The molecule has 0 aliphatic rings. The number of aromatic hydroxyl groups is 1. The molecule has 1 aromatic carbocycles. The van der Waals surface area contributed by atoms with Crippen LogP contribution < -0.4 is 5.56 Å². The molecule has 8 nitrogen and oxygen atoms in total. The first-order valence-corrected chi connectivity index (χ1v) is 14.0. The number of rotatable bonds is 15. The van der Waals surface area contributed by atoms with Gasteiger partial charge in [-0.25, -0.2) is 0 Å². The van der Waals surface area contributed by atoms with Gasteiger partial charge < -0.3 is 10.0 Å². The third-order valence-electron chi connectivity index (χ3n) is 7.25. The van der Waals surface area contributed by atoms with Crippen molar-refractivity contribution in [1.29, 1.82) is 5.26 Å². The predicted octanol–water partition coefficient (Wildman–Crippen LogP) is 7.55. The molecule has 2 aromatic rings. The number of pyridine rings is 1. The van der Waals surface area contributed by atoms with Gasteiger partial charge in [0.2, 0.25) is 5.88 Å². The minimum absolute atomic E-state index is 0.00326. The summed E-state index contributed by atoms with van der Waals surface area (Å²) in [6.45, 7) is 11.7. The van der Waals surface area contributed by atoms with E-state index in [9.17, 15) is 20.0 Å². The van der Waals surface area contributed by atoms with Crippen LogP contribution in [0.2, 0.25) is 0 Å². The highest BCUT2D eigenvalue weighted by atomic mass is 16.3. The van der Waals surface area contributed by atoms with Crippen LogP contribution in [0.25, 0.3) is 0 Å². The van der Waals surface area contributed by atoms with Crippen molar-refractivity contribution in [2.75, 3.05) is 13.1 Å². The van der Waals surface area contributed by atoms with Gasteiger partial charge in [0.05, 0.1) is 11.3 Å². The number of benzene rings is 1. The van der Waals surface area contributed by atoms with Gasteiger partial charge in [-0.2, -0.15) is 5.26 Å². The van der Waals surface area contributed by atoms with Crippen molar-refractivity contribution >= 4 is 17.3 Å². The Morgan fingerprint density at radius 2 is 1.61 bits per heavy atom. The normalized spacial score (nSPS) is 12.8. The summed E-state index contributed by atoms with van der Waals surface area (Å²) in [5.41, 5.74) is 0.212. The van der Waals surface area contributed by atoms with Gasteiger partial charge in [-0.3, -0.25) is 14.6 Å². The zero-order chi connectivity index (χ0) is 28.1. The third kappa shape index (κ3) is 8.27. The molecule has 2 rings (SSSR count). The monoisotopic (exact) mass is 521 g/mol. The summed E-state index contributed by atoms with van der Waals surface area (Å²) >= 11 is 0. The standard InChI is InChI=1S/C30H43N5O3/c1-6-10-14-22(8-3)19-35(20-23(9-4)15-11-7-2)30(38)24-16-12-13-17-26(24)33-34-27-21(5)25(18-31)28(36)32-29(27)37/h12-13,16-17,22-23H,6-11,14-15,19-20H2,1-5H3,(H2,32,36,37)/b34-33+. The number of H-pyrrole nitrogens is 1. The van der Waals surface area contributed by atoms with Crippen LogP contribution in [0.4, 0.5) is 11.4 Å². The van der Waals surface area contributed by atoms with Crippen molar-refractivity contribution < 1.29 is 9.90 Å². The van der Waals surface area contributed by atoms with E-state index in [-0.39, 0.29) is 22.7 Å². The lowest BCUT2D eigenvalue weighted by Gasteiger charge is -2.31. The molecule has 0 radical (unpaired) electrons. The van der Waals surface area contributed by atoms with Crippen LogP contribution in [0, 0.1) is 30.1 Å². The van der Waals surface area contributed by atoms with Crippen LogP contribution in [-0.2, 0) is 0 Å². The fourth-order valence-corrected chi connectivity index (χ4v) is 4.67. The molecule has 0 bridgehead atoms. The first-order chi connectivity index (χ1) is 18.3. The lowest BCUT2D eigenvalue weighted by atomic mass is 9.95. The number of nitriles is 1. The number of nitrogens with one attached hydrogen (secondary N) is 1. The highest BCUT2D eigenvalue weighted by molar-refractivity contribution is 5.99. The summed E-state index contributed by atoms with van der Waals surface area (Å²) in [5.74, 6) is 0.316. The number of amides is 1. The summed E-state index contributed by atoms with van der Waals surface area (Å²) in [6, 6.07) is 8.88. The molecule has 0 saturated heterocycles. The Balaban J connectivity index is 2.45. The van der Waals surface area contributed by atoms with Crippen LogP contribution in [0.1, 0.15) is 101 Å². The lowest BCUT2D eigenvalue weighted by molar-refractivity contribution is 0.0685. The van der Waals surface area contributed by atoms with E-state index >= 15 is 0 Å². The number of hydrogen-bond acceptors (Lipinski definition) is 6. The molecule has 2 atom stereocenters. The van der Waals surface area contributed by atoms with Gasteiger partial charge in [-0.15, -0.1) is 10.2 Å². The average Bonchev–Trinajstić information content (AvgIpc) is 2.92. The second kappa shape index (κ2) is 15.7. The van der Waals surface area contributed by atoms with E-state index in [1.54, 1.807) is 18.2 Å². The molecule has 1 aromatic heterocycles. The Kier molecular flexibility index (Phi) is 12.7. The molecular formula is C30H43N5O3. The zero-order valence-electron chi connectivity index (χ0n) is 23.6. The number of carbonyl (C=O) groups excluding carboxylic acids is 1. The van der Waals surface area contributed by atoms with Gasteiger partial charge in [-0.1, -0.05) is 78.4 Å². The van der Waals surface area contributed by atoms with Crippen LogP contribution in [0.5, 0.6) is 5.88 Å². The molecule has 206 valence electrons. The van der Waals surface area contributed by atoms with Gasteiger partial charge in [0.15, 0.2) is 0 Å². The highest BCUT2D eigenvalue weighted by Crippen LogP contribution is 2.31. The molecule has 2 N–H and O–H groups in total. The molecular weight excluding hydrogens is 478 g/mol. The molecule has 8 heteroatoms. The van der Waals surface area contributed by atoms with E-state index in [0.717, 1.165) is 51.4 Å². The van der Waals surface area contributed by atoms with Gasteiger partial charge in [0.1, 0.15) is 17.3 Å². The number of hydrogen-bond donors (Lipinski definition) is 2. The first-order valence-electron chi connectivity index (χ1n) is 14.0. The number of nitrogens with zero attached hydrogens (tertiary/aromatic N) is 4. The van der Waals surface area contributed by atoms with Crippen LogP contribution >= 0.6 is 0 Å². The number of unbranched alkanes of at least 4 members (excludes halogenated alkanes) is 2. The minimum Gasteiger partial charge on any atom is -0.493 e. The Morgan fingerprint density at radius 1 is 1.03 bits per heavy atom. The summed E-state index contributed by atoms with van der Waals surface area (Å²) in [7, 11) is 0. The van der Waals surface area contributed by atoms with Crippen molar-refractivity contribution in [3.8, 4) is 11.9 Å². The van der Waals surface area contributed by atoms with E-state index in [1.807, 2.05) is 17.0 Å². The Bertz CT molecular complexity index is 1160. The van der Waals surface area contributed by atoms with Gasteiger partial charge >= 0.3 is 0 Å². The highest BCUT2D eigenvalue weighted by Gasteiger charge is 2.24. The predicted molar refractivity (Wildman–Crippen MR) is 151 cm³/mol. The molecule has 0 saturated carbocycles. The largest absolute Gasteiger partial charge is 0.493 e. The van der Waals surface area contributed by atoms with Crippen molar-refractivity contribution in [1.82, 2.24) is 9.88 Å².